The van der Waals surface area contributed by atoms with E-state index < -0.39 is 0 Å². The number of hydrogen-bond donors (Lipinski definition) is 1. The van der Waals surface area contributed by atoms with E-state index in [9.17, 15) is 4.79 Å². The average molecular weight is 350 g/mol. The summed E-state index contributed by atoms with van der Waals surface area (Å²) >= 11 is 7.51. The number of aryl methyl sites for hydroxylation is 2. The van der Waals surface area contributed by atoms with Crippen LogP contribution in [0.25, 0.3) is 0 Å². The van der Waals surface area contributed by atoms with Gasteiger partial charge in [0.2, 0.25) is 0 Å². The highest BCUT2D eigenvalue weighted by Crippen LogP contribution is 2.19. The Morgan fingerprint density at radius 3 is 2.57 bits per heavy atom. The number of benzene rings is 2. The summed E-state index contributed by atoms with van der Waals surface area (Å²) in [6, 6.07) is 13.5. The second-order valence-electron chi connectivity index (χ2n) is 5.19. The number of rotatable bonds is 7. The van der Waals surface area contributed by atoms with E-state index >= 15 is 0 Å². The fourth-order valence-electron chi connectivity index (χ4n) is 1.89. The number of nitrogens with one attached hydrogen (secondary N) is 1. The number of carbonyl (C=O) groups is 1. The number of amides is 1. The molecule has 0 saturated heterocycles. The summed E-state index contributed by atoms with van der Waals surface area (Å²) in [6.45, 7) is 4.71. The minimum Gasteiger partial charge on any atom is -0.484 e. The van der Waals surface area contributed by atoms with E-state index in [2.05, 4.69) is 5.32 Å². The van der Waals surface area contributed by atoms with Crippen LogP contribution in [0.4, 0.5) is 0 Å². The molecule has 0 aromatic heterocycles. The maximum atomic E-state index is 11.8. The monoisotopic (exact) mass is 349 g/mol. The largest absolute Gasteiger partial charge is 0.484 e. The fourth-order valence-corrected chi connectivity index (χ4v) is 2.79. The molecule has 0 aliphatic rings. The Morgan fingerprint density at radius 2 is 1.87 bits per heavy atom. The van der Waals surface area contributed by atoms with Crippen LogP contribution in [0.1, 0.15) is 11.1 Å². The molecule has 1 N–H and O–H groups in total. The van der Waals surface area contributed by atoms with Crippen molar-refractivity contribution < 1.29 is 9.53 Å². The Kier molecular flexibility index (Phi) is 6.81. The lowest BCUT2D eigenvalue weighted by Gasteiger charge is -2.09. The molecule has 0 unspecified atom stereocenters. The molecular weight excluding hydrogens is 330 g/mol. The minimum absolute atomic E-state index is 0.0358. The highest BCUT2D eigenvalue weighted by molar-refractivity contribution is 7.99. The second kappa shape index (κ2) is 8.85. The zero-order valence-electron chi connectivity index (χ0n) is 13.3. The van der Waals surface area contributed by atoms with E-state index in [1.807, 2.05) is 56.3 Å². The van der Waals surface area contributed by atoms with Crippen LogP contribution >= 0.6 is 23.4 Å². The van der Waals surface area contributed by atoms with E-state index in [-0.39, 0.29) is 12.5 Å². The number of thioether (sulfide) groups is 1. The normalized spacial score (nSPS) is 10.4. The van der Waals surface area contributed by atoms with Crippen molar-refractivity contribution in [1.29, 1.82) is 0 Å². The predicted molar refractivity (Wildman–Crippen MR) is 96.6 cm³/mol. The van der Waals surface area contributed by atoms with Gasteiger partial charge in [-0.1, -0.05) is 17.7 Å². The smallest absolute Gasteiger partial charge is 0.257 e. The first-order valence-electron chi connectivity index (χ1n) is 7.40. The Labute approximate surface area is 146 Å². The van der Waals surface area contributed by atoms with Gasteiger partial charge in [0.1, 0.15) is 5.75 Å². The third kappa shape index (κ3) is 6.16. The summed E-state index contributed by atoms with van der Waals surface area (Å²) in [5.74, 6) is 1.41. The molecule has 5 heteroatoms. The standard InChI is InChI=1S/C18H20ClNO2S/c1-13-3-6-16(11-14(13)2)22-12-18(21)20-9-10-23-17-7-4-15(19)5-8-17/h3-8,11H,9-10,12H2,1-2H3,(H,20,21). The molecule has 0 spiro atoms. The quantitative estimate of drug-likeness (QED) is 0.600. The highest BCUT2D eigenvalue weighted by atomic mass is 35.5. The van der Waals surface area contributed by atoms with Crippen LogP contribution in [0, 0.1) is 13.8 Å². The zero-order valence-corrected chi connectivity index (χ0v) is 14.8. The van der Waals surface area contributed by atoms with Crippen molar-refractivity contribution in [2.75, 3.05) is 18.9 Å². The van der Waals surface area contributed by atoms with Crippen molar-refractivity contribution >= 4 is 29.3 Å². The van der Waals surface area contributed by atoms with Crippen molar-refractivity contribution in [3.63, 3.8) is 0 Å². The van der Waals surface area contributed by atoms with E-state index in [0.717, 1.165) is 27.0 Å². The van der Waals surface area contributed by atoms with Gasteiger partial charge >= 0.3 is 0 Å². The van der Waals surface area contributed by atoms with Crippen LogP contribution in [-0.4, -0.2) is 24.8 Å². The Bertz CT molecular complexity index is 659. The molecule has 2 rings (SSSR count). The lowest BCUT2D eigenvalue weighted by molar-refractivity contribution is -0.122. The lowest BCUT2D eigenvalue weighted by atomic mass is 10.1. The molecule has 0 radical (unpaired) electrons. The van der Waals surface area contributed by atoms with E-state index in [0.29, 0.717) is 6.54 Å². The lowest BCUT2D eigenvalue weighted by Crippen LogP contribution is -2.30. The molecule has 0 saturated carbocycles. The SMILES string of the molecule is Cc1ccc(OCC(=O)NCCSc2ccc(Cl)cc2)cc1C. The molecule has 23 heavy (non-hydrogen) atoms. The van der Waals surface area contributed by atoms with Gasteiger partial charge in [-0.2, -0.15) is 0 Å². The van der Waals surface area contributed by atoms with Gasteiger partial charge in [0.15, 0.2) is 6.61 Å². The zero-order chi connectivity index (χ0) is 16.7. The first-order chi connectivity index (χ1) is 11.0. The maximum absolute atomic E-state index is 11.8. The van der Waals surface area contributed by atoms with Gasteiger partial charge in [0, 0.05) is 22.2 Å². The van der Waals surface area contributed by atoms with E-state index in [1.54, 1.807) is 11.8 Å². The summed E-state index contributed by atoms with van der Waals surface area (Å²) < 4.78 is 5.50. The molecule has 2 aromatic rings. The molecule has 0 aliphatic heterocycles. The Morgan fingerprint density at radius 1 is 1.13 bits per heavy atom. The topological polar surface area (TPSA) is 38.3 Å². The molecule has 2 aromatic carbocycles. The Hall–Kier alpha value is -1.65. The van der Waals surface area contributed by atoms with Crippen LogP contribution in [0.2, 0.25) is 5.02 Å². The summed E-state index contributed by atoms with van der Waals surface area (Å²) in [7, 11) is 0. The van der Waals surface area contributed by atoms with Gasteiger partial charge < -0.3 is 10.1 Å². The van der Waals surface area contributed by atoms with Crippen molar-refractivity contribution in [3.8, 4) is 5.75 Å². The van der Waals surface area contributed by atoms with Crippen LogP contribution < -0.4 is 10.1 Å². The van der Waals surface area contributed by atoms with Crippen molar-refractivity contribution in [3.05, 3.63) is 58.6 Å². The van der Waals surface area contributed by atoms with Gasteiger partial charge in [-0.15, -0.1) is 11.8 Å². The first-order valence-corrected chi connectivity index (χ1v) is 8.76. The molecule has 0 fully saturated rings. The van der Waals surface area contributed by atoms with Crippen LogP contribution in [0.5, 0.6) is 5.75 Å². The molecule has 0 bridgehead atoms. The van der Waals surface area contributed by atoms with Crippen molar-refractivity contribution in [2.45, 2.75) is 18.7 Å². The number of ether oxygens (including phenoxy) is 1. The maximum Gasteiger partial charge on any atom is 0.257 e. The first kappa shape index (κ1) is 17.7. The summed E-state index contributed by atoms with van der Waals surface area (Å²) in [4.78, 5) is 12.9. The molecular formula is C18H20ClNO2S. The molecule has 122 valence electrons. The molecule has 3 nitrogen and oxygen atoms in total. The summed E-state index contributed by atoms with van der Waals surface area (Å²) in [5.41, 5.74) is 2.36. The van der Waals surface area contributed by atoms with Gasteiger partial charge in [-0.25, -0.2) is 0 Å². The Balaban J connectivity index is 1.65. The summed E-state index contributed by atoms with van der Waals surface area (Å²) in [5, 5.41) is 3.58. The van der Waals surface area contributed by atoms with E-state index in [4.69, 9.17) is 16.3 Å². The van der Waals surface area contributed by atoms with Crippen LogP contribution in [-0.2, 0) is 4.79 Å². The molecule has 0 aliphatic carbocycles. The number of halogens is 1. The third-order valence-electron chi connectivity index (χ3n) is 3.35. The second-order valence-corrected chi connectivity index (χ2v) is 6.79. The van der Waals surface area contributed by atoms with Gasteiger partial charge in [-0.3, -0.25) is 4.79 Å². The summed E-state index contributed by atoms with van der Waals surface area (Å²) in [6.07, 6.45) is 0. The van der Waals surface area contributed by atoms with Crippen LogP contribution in [0.15, 0.2) is 47.4 Å². The number of carbonyl (C=O) groups excluding carboxylic acids is 1. The highest BCUT2D eigenvalue weighted by Gasteiger charge is 2.03. The minimum atomic E-state index is -0.111. The number of hydrogen-bond acceptors (Lipinski definition) is 3. The predicted octanol–water partition coefficient (Wildman–Crippen LogP) is 4.24. The van der Waals surface area contributed by atoms with Gasteiger partial charge in [0.25, 0.3) is 5.91 Å². The van der Waals surface area contributed by atoms with Gasteiger partial charge in [0.05, 0.1) is 0 Å². The van der Waals surface area contributed by atoms with Crippen molar-refractivity contribution in [2.24, 2.45) is 0 Å². The average Bonchev–Trinajstić information content (AvgIpc) is 2.54. The molecule has 1 amide bonds. The van der Waals surface area contributed by atoms with E-state index in [1.165, 1.54) is 5.56 Å². The molecule has 0 heterocycles. The van der Waals surface area contributed by atoms with Crippen LogP contribution in [0.3, 0.4) is 0 Å². The van der Waals surface area contributed by atoms with Crippen molar-refractivity contribution in [1.82, 2.24) is 5.32 Å². The molecule has 0 atom stereocenters. The fraction of sp³-hybridized carbons (Fsp3) is 0.278. The van der Waals surface area contributed by atoms with Gasteiger partial charge in [-0.05, 0) is 61.4 Å². The third-order valence-corrected chi connectivity index (χ3v) is 4.62.